The number of methoxy groups -OCH3 is 1. The number of nitrogens with zero attached hydrogens (tertiary/aromatic N) is 2. The van der Waals surface area contributed by atoms with E-state index >= 15 is 0 Å². The summed E-state index contributed by atoms with van der Waals surface area (Å²) in [6.45, 7) is 1.97. The molecule has 0 bridgehead atoms. The summed E-state index contributed by atoms with van der Waals surface area (Å²) in [6.07, 6.45) is 0.719. The average molecular weight is 247 g/mol. The summed E-state index contributed by atoms with van der Waals surface area (Å²) in [5.41, 5.74) is 1.87. The van der Waals surface area contributed by atoms with Crippen LogP contribution < -0.4 is 5.32 Å². The number of hydrogen-bond donors (Lipinski definition) is 1. The van der Waals surface area contributed by atoms with E-state index in [0.29, 0.717) is 18.1 Å². The molecule has 1 heterocycles. The summed E-state index contributed by atoms with van der Waals surface area (Å²) in [5, 5.41) is 7.06. The average Bonchev–Trinajstić information content (AvgIpc) is 2.86. The van der Waals surface area contributed by atoms with Crippen LogP contribution in [-0.2, 0) is 11.2 Å². The standard InChI is InChI=1S/C13H17N3O2/c1-9(17-3)8-12-15-13(18-16-12)10-6-4-5-7-11(10)14-2/h4-7,9,14H,8H2,1-3H3. The molecule has 1 N–H and O–H groups in total. The number of benzene rings is 1. The van der Waals surface area contributed by atoms with Crippen molar-refractivity contribution in [1.82, 2.24) is 10.1 Å². The number of hydrogen-bond acceptors (Lipinski definition) is 5. The molecule has 96 valence electrons. The van der Waals surface area contributed by atoms with Gasteiger partial charge in [0.25, 0.3) is 5.89 Å². The predicted octanol–water partition coefficient (Wildman–Crippen LogP) is 2.36. The summed E-state index contributed by atoms with van der Waals surface area (Å²) in [6, 6.07) is 7.82. The molecule has 18 heavy (non-hydrogen) atoms. The number of anilines is 1. The Balaban J connectivity index is 2.24. The highest BCUT2D eigenvalue weighted by Crippen LogP contribution is 2.25. The van der Waals surface area contributed by atoms with Crippen molar-refractivity contribution in [1.29, 1.82) is 0 Å². The van der Waals surface area contributed by atoms with Crippen LogP contribution in [0.1, 0.15) is 12.7 Å². The van der Waals surface area contributed by atoms with Crippen molar-refractivity contribution in [3.63, 3.8) is 0 Å². The Kier molecular flexibility index (Phi) is 3.94. The van der Waals surface area contributed by atoms with Gasteiger partial charge in [-0.3, -0.25) is 0 Å². The SMILES string of the molecule is CNc1ccccc1-c1nc(CC(C)OC)no1. The zero-order chi connectivity index (χ0) is 13.0. The lowest BCUT2D eigenvalue weighted by Gasteiger charge is -2.04. The fourth-order valence-electron chi connectivity index (χ4n) is 1.67. The highest BCUT2D eigenvalue weighted by Gasteiger charge is 2.13. The van der Waals surface area contributed by atoms with E-state index in [-0.39, 0.29) is 6.10 Å². The second kappa shape index (κ2) is 5.64. The van der Waals surface area contributed by atoms with Gasteiger partial charge in [0.05, 0.1) is 11.7 Å². The van der Waals surface area contributed by atoms with Crippen molar-refractivity contribution in [3.05, 3.63) is 30.1 Å². The number of rotatable bonds is 5. The zero-order valence-electron chi connectivity index (χ0n) is 10.8. The molecule has 5 nitrogen and oxygen atoms in total. The van der Waals surface area contributed by atoms with Crippen molar-refractivity contribution in [2.45, 2.75) is 19.4 Å². The minimum Gasteiger partial charge on any atom is -0.387 e. The van der Waals surface area contributed by atoms with Crippen LogP contribution in [0.5, 0.6) is 0 Å². The molecule has 5 heteroatoms. The molecule has 0 aliphatic carbocycles. The third kappa shape index (κ3) is 2.68. The molecule has 0 spiro atoms. The van der Waals surface area contributed by atoms with Gasteiger partial charge in [0, 0.05) is 26.3 Å². The highest BCUT2D eigenvalue weighted by atomic mass is 16.5. The van der Waals surface area contributed by atoms with Gasteiger partial charge in [-0.2, -0.15) is 4.98 Å². The van der Waals surface area contributed by atoms with Gasteiger partial charge in [-0.1, -0.05) is 17.3 Å². The van der Waals surface area contributed by atoms with E-state index in [1.807, 2.05) is 38.2 Å². The Morgan fingerprint density at radius 2 is 2.17 bits per heavy atom. The van der Waals surface area contributed by atoms with Crippen molar-refractivity contribution < 1.29 is 9.26 Å². The van der Waals surface area contributed by atoms with E-state index in [2.05, 4.69) is 15.5 Å². The lowest BCUT2D eigenvalue weighted by Crippen LogP contribution is -2.09. The number of aromatic nitrogens is 2. The van der Waals surface area contributed by atoms with Gasteiger partial charge in [0.15, 0.2) is 5.82 Å². The van der Waals surface area contributed by atoms with Gasteiger partial charge in [0.1, 0.15) is 0 Å². The Bertz CT molecular complexity index is 510. The van der Waals surface area contributed by atoms with E-state index in [0.717, 1.165) is 11.3 Å². The molecule has 0 aliphatic rings. The van der Waals surface area contributed by atoms with Crippen molar-refractivity contribution in [2.24, 2.45) is 0 Å². The van der Waals surface area contributed by atoms with E-state index in [9.17, 15) is 0 Å². The van der Waals surface area contributed by atoms with Crippen LogP contribution in [0.25, 0.3) is 11.5 Å². The second-order valence-corrected chi connectivity index (χ2v) is 4.06. The molecular formula is C13H17N3O2. The number of para-hydroxylation sites is 1. The first kappa shape index (κ1) is 12.6. The van der Waals surface area contributed by atoms with Crippen LogP contribution >= 0.6 is 0 Å². The lowest BCUT2D eigenvalue weighted by atomic mass is 10.2. The van der Waals surface area contributed by atoms with Crippen molar-refractivity contribution >= 4 is 5.69 Å². The Labute approximate surface area is 106 Å². The van der Waals surface area contributed by atoms with Crippen LogP contribution in [0, 0.1) is 0 Å². The molecule has 0 saturated carbocycles. The topological polar surface area (TPSA) is 60.2 Å². The third-order valence-corrected chi connectivity index (χ3v) is 2.77. The molecule has 2 aromatic rings. The fraction of sp³-hybridized carbons (Fsp3) is 0.385. The molecule has 1 atom stereocenters. The largest absolute Gasteiger partial charge is 0.387 e. The molecule has 2 rings (SSSR count). The number of ether oxygens (including phenoxy) is 1. The molecule has 0 saturated heterocycles. The molecule has 1 aromatic heterocycles. The normalized spacial score (nSPS) is 12.4. The summed E-state index contributed by atoms with van der Waals surface area (Å²) >= 11 is 0. The van der Waals surface area contributed by atoms with Gasteiger partial charge in [-0.25, -0.2) is 0 Å². The predicted molar refractivity (Wildman–Crippen MR) is 69.5 cm³/mol. The van der Waals surface area contributed by atoms with Gasteiger partial charge in [-0.15, -0.1) is 0 Å². The Morgan fingerprint density at radius 1 is 1.39 bits per heavy atom. The fourth-order valence-corrected chi connectivity index (χ4v) is 1.67. The highest BCUT2D eigenvalue weighted by molar-refractivity contribution is 5.71. The first-order chi connectivity index (χ1) is 8.74. The van der Waals surface area contributed by atoms with E-state index < -0.39 is 0 Å². The Morgan fingerprint density at radius 3 is 2.89 bits per heavy atom. The van der Waals surface area contributed by atoms with Crippen LogP contribution in [-0.4, -0.2) is 30.4 Å². The molecule has 0 radical (unpaired) electrons. The summed E-state index contributed by atoms with van der Waals surface area (Å²) < 4.78 is 10.5. The van der Waals surface area contributed by atoms with Crippen LogP contribution in [0.4, 0.5) is 5.69 Å². The quantitative estimate of drug-likeness (QED) is 0.878. The van der Waals surface area contributed by atoms with Gasteiger partial charge in [-0.05, 0) is 19.1 Å². The second-order valence-electron chi connectivity index (χ2n) is 4.06. The monoisotopic (exact) mass is 247 g/mol. The van der Waals surface area contributed by atoms with Crippen LogP contribution in [0.3, 0.4) is 0 Å². The maximum Gasteiger partial charge on any atom is 0.260 e. The van der Waals surface area contributed by atoms with Gasteiger partial charge < -0.3 is 14.6 Å². The molecular weight excluding hydrogens is 230 g/mol. The van der Waals surface area contributed by atoms with Gasteiger partial charge in [0.2, 0.25) is 0 Å². The minimum absolute atomic E-state index is 0.0787. The molecule has 0 amide bonds. The summed E-state index contributed by atoms with van der Waals surface area (Å²) in [7, 11) is 3.53. The third-order valence-electron chi connectivity index (χ3n) is 2.77. The Hall–Kier alpha value is -1.88. The van der Waals surface area contributed by atoms with Gasteiger partial charge >= 0.3 is 0 Å². The van der Waals surface area contributed by atoms with Crippen LogP contribution in [0.2, 0.25) is 0 Å². The van der Waals surface area contributed by atoms with Crippen LogP contribution in [0.15, 0.2) is 28.8 Å². The minimum atomic E-state index is 0.0787. The lowest BCUT2D eigenvalue weighted by molar-refractivity contribution is 0.116. The molecule has 1 unspecified atom stereocenters. The van der Waals surface area contributed by atoms with Crippen molar-refractivity contribution in [2.75, 3.05) is 19.5 Å². The molecule has 0 fully saturated rings. The van der Waals surface area contributed by atoms with Crippen molar-refractivity contribution in [3.8, 4) is 11.5 Å². The molecule has 0 aliphatic heterocycles. The molecule has 1 aromatic carbocycles. The maximum absolute atomic E-state index is 5.28. The van der Waals surface area contributed by atoms with E-state index in [4.69, 9.17) is 9.26 Å². The summed E-state index contributed by atoms with van der Waals surface area (Å²) in [4.78, 5) is 4.38. The first-order valence-electron chi connectivity index (χ1n) is 5.87. The van der Waals surface area contributed by atoms with E-state index in [1.165, 1.54) is 0 Å². The zero-order valence-corrected chi connectivity index (χ0v) is 10.8. The van der Waals surface area contributed by atoms with E-state index in [1.54, 1.807) is 7.11 Å². The summed E-state index contributed by atoms with van der Waals surface area (Å²) in [5.74, 6) is 1.18. The first-order valence-corrected chi connectivity index (χ1v) is 5.87. The number of nitrogens with one attached hydrogen (secondary N) is 1. The maximum atomic E-state index is 5.28. The smallest absolute Gasteiger partial charge is 0.260 e.